The fourth-order valence-corrected chi connectivity index (χ4v) is 4.35. The Balaban J connectivity index is 1.51. The number of unbranched alkanes of at least 4 members (excludes halogenated alkanes) is 8. The van der Waals surface area contributed by atoms with Crippen LogP contribution in [0.1, 0.15) is 89.2 Å². The molecule has 1 aliphatic carbocycles. The summed E-state index contributed by atoms with van der Waals surface area (Å²) in [5.41, 5.74) is 4.16. The first-order valence-corrected chi connectivity index (χ1v) is 12.4. The normalized spacial score (nSPS) is 12.4. The van der Waals surface area contributed by atoms with Gasteiger partial charge in [0.2, 0.25) is 0 Å². The van der Waals surface area contributed by atoms with Gasteiger partial charge in [0.05, 0.1) is 13.2 Å². The Morgan fingerprint density at radius 1 is 0.710 bits per heavy atom. The SMILES string of the molecule is CCCCCCCCCCOc1ccc2c(c1)CCc1c-2ccc(OCCCC)c1F. The summed E-state index contributed by atoms with van der Waals surface area (Å²) in [6.45, 7) is 5.71. The molecular weight excluding hydrogens is 387 g/mol. The molecule has 0 spiro atoms. The van der Waals surface area contributed by atoms with Gasteiger partial charge in [0, 0.05) is 0 Å². The number of aryl methyl sites for hydroxylation is 1. The van der Waals surface area contributed by atoms with Crippen LogP contribution in [0.4, 0.5) is 4.39 Å². The Morgan fingerprint density at radius 3 is 2.16 bits per heavy atom. The number of halogens is 1. The van der Waals surface area contributed by atoms with E-state index >= 15 is 0 Å². The molecule has 170 valence electrons. The summed E-state index contributed by atoms with van der Waals surface area (Å²) in [4.78, 5) is 0. The first kappa shape index (κ1) is 23.6. The third kappa shape index (κ3) is 6.72. The molecule has 2 aromatic rings. The molecule has 2 nitrogen and oxygen atoms in total. The van der Waals surface area contributed by atoms with Crippen molar-refractivity contribution in [3.8, 4) is 22.6 Å². The molecule has 0 heterocycles. The van der Waals surface area contributed by atoms with Crippen molar-refractivity contribution in [2.45, 2.75) is 90.9 Å². The topological polar surface area (TPSA) is 18.5 Å². The van der Waals surface area contributed by atoms with E-state index in [-0.39, 0.29) is 5.82 Å². The maximum Gasteiger partial charge on any atom is 0.168 e. The van der Waals surface area contributed by atoms with Gasteiger partial charge in [0.15, 0.2) is 11.6 Å². The van der Waals surface area contributed by atoms with Crippen molar-refractivity contribution in [1.29, 1.82) is 0 Å². The molecule has 0 amide bonds. The molecule has 3 rings (SSSR count). The van der Waals surface area contributed by atoms with Crippen LogP contribution in [0.3, 0.4) is 0 Å². The summed E-state index contributed by atoms with van der Waals surface area (Å²) < 4.78 is 26.6. The number of rotatable bonds is 14. The van der Waals surface area contributed by atoms with Crippen molar-refractivity contribution < 1.29 is 13.9 Å². The van der Waals surface area contributed by atoms with Crippen molar-refractivity contribution in [2.75, 3.05) is 13.2 Å². The first-order valence-electron chi connectivity index (χ1n) is 12.4. The van der Waals surface area contributed by atoms with Gasteiger partial charge >= 0.3 is 0 Å². The van der Waals surface area contributed by atoms with E-state index in [9.17, 15) is 4.39 Å². The van der Waals surface area contributed by atoms with Gasteiger partial charge in [0.25, 0.3) is 0 Å². The standard InChI is InChI=1S/C28H39FO2/c1-3-5-7-8-9-10-11-12-20-30-23-14-16-24-22(21-23)13-15-26-25(24)17-18-27(28(26)29)31-19-6-4-2/h14,16-18,21H,3-13,15,19-20H2,1-2H3. The molecule has 31 heavy (non-hydrogen) atoms. The second kappa shape index (κ2) is 12.7. The predicted octanol–water partition coefficient (Wildman–Crippen LogP) is 8.29. The molecule has 0 unspecified atom stereocenters. The average molecular weight is 427 g/mol. The summed E-state index contributed by atoms with van der Waals surface area (Å²) in [6.07, 6.45) is 14.0. The van der Waals surface area contributed by atoms with Crippen molar-refractivity contribution in [1.82, 2.24) is 0 Å². The maximum absolute atomic E-state index is 15.0. The first-order chi connectivity index (χ1) is 15.2. The molecule has 0 aromatic heterocycles. The summed E-state index contributed by atoms with van der Waals surface area (Å²) in [6, 6.07) is 10.1. The summed E-state index contributed by atoms with van der Waals surface area (Å²) in [7, 11) is 0. The smallest absolute Gasteiger partial charge is 0.168 e. The summed E-state index contributed by atoms with van der Waals surface area (Å²) in [5, 5.41) is 0. The summed E-state index contributed by atoms with van der Waals surface area (Å²) >= 11 is 0. The quantitative estimate of drug-likeness (QED) is 0.283. The molecule has 3 heteroatoms. The lowest BCUT2D eigenvalue weighted by molar-refractivity contribution is 0.293. The third-order valence-corrected chi connectivity index (χ3v) is 6.24. The van der Waals surface area contributed by atoms with Gasteiger partial charge in [-0.05, 0) is 66.1 Å². The third-order valence-electron chi connectivity index (χ3n) is 6.24. The Bertz CT molecular complexity index is 815. The number of benzene rings is 2. The van der Waals surface area contributed by atoms with E-state index in [2.05, 4.69) is 26.0 Å². The van der Waals surface area contributed by atoms with E-state index in [1.165, 1.54) is 50.5 Å². The minimum atomic E-state index is -0.186. The van der Waals surface area contributed by atoms with Crippen LogP contribution in [0, 0.1) is 5.82 Å². The second-order valence-corrected chi connectivity index (χ2v) is 8.75. The van der Waals surface area contributed by atoms with Crippen LogP contribution in [-0.4, -0.2) is 13.2 Å². The van der Waals surface area contributed by atoms with Crippen molar-refractivity contribution in [2.24, 2.45) is 0 Å². The van der Waals surface area contributed by atoms with Gasteiger partial charge in [-0.15, -0.1) is 0 Å². The highest BCUT2D eigenvalue weighted by Crippen LogP contribution is 2.39. The molecule has 0 aliphatic heterocycles. The fourth-order valence-electron chi connectivity index (χ4n) is 4.35. The van der Waals surface area contributed by atoms with E-state index in [0.717, 1.165) is 54.7 Å². The van der Waals surface area contributed by atoms with Crippen LogP contribution in [0.2, 0.25) is 0 Å². The van der Waals surface area contributed by atoms with Crippen LogP contribution in [0.15, 0.2) is 30.3 Å². The molecule has 2 aromatic carbocycles. The minimum Gasteiger partial charge on any atom is -0.494 e. The molecular formula is C28H39FO2. The summed E-state index contributed by atoms with van der Waals surface area (Å²) in [5.74, 6) is 1.14. The Labute approximate surface area is 188 Å². The van der Waals surface area contributed by atoms with Crippen LogP contribution < -0.4 is 9.47 Å². The average Bonchev–Trinajstić information content (AvgIpc) is 2.79. The van der Waals surface area contributed by atoms with E-state index < -0.39 is 0 Å². The fraction of sp³-hybridized carbons (Fsp3) is 0.571. The highest BCUT2D eigenvalue weighted by Gasteiger charge is 2.22. The zero-order valence-electron chi connectivity index (χ0n) is 19.5. The van der Waals surface area contributed by atoms with Gasteiger partial charge in [-0.25, -0.2) is 4.39 Å². The highest BCUT2D eigenvalue weighted by molar-refractivity contribution is 5.75. The van der Waals surface area contributed by atoms with Crippen molar-refractivity contribution in [3.63, 3.8) is 0 Å². The lowest BCUT2D eigenvalue weighted by atomic mass is 9.85. The zero-order chi connectivity index (χ0) is 21.9. The predicted molar refractivity (Wildman–Crippen MR) is 128 cm³/mol. The van der Waals surface area contributed by atoms with Crippen LogP contribution >= 0.6 is 0 Å². The van der Waals surface area contributed by atoms with Crippen LogP contribution in [0.25, 0.3) is 11.1 Å². The highest BCUT2D eigenvalue weighted by atomic mass is 19.1. The Kier molecular flexibility index (Phi) is 9.71. The molecule has 0 atom stereocenters. The Morgan fingerprint density at radius 2 is 1.39 bits per heavy atom. The van der Waals surface area contributed by atoms with Crippen molar-refractivity contribution in [3.05, 3.63) is 47.3 Å². The van der Waals surface area contributed by atoms with E-state index in [1.54, 1.807) is 6.07 Å². The Hall–Kier alpha value is -2.03. The van der Waals surface area contributed by atoms with Gasteiger partial charge in [-0.3, -0.25) is 0 Å². The van der Waals surface area contributed by atoms with E-state index in [1.807, 2.05) is 12.1 Å². The van der Waals surface area contributed by atoms with Gasteiger partial charge in [0.1, 0.15) is 5.75 Å². The van der Waals surface area contributed by atoms with Gasteiger partial charge < -0.3 is 9.47 Å². The lowest BCUT2D eigenvalue weighted by Crippen LogP contribution is -2.09. The molecule has 0 bridgehead atoms. The van der Waals surface area contributed by atoms with Gasteiger partial charge in [-0.1, -0.05) is 77.3 Å². The second-order valence-electron chi connectivity index (χ2n) is 8.75. The van der Waals surface area contributed by atoms with Crippen LogP contribution in [0.5, 0.6) is 11.5 Å². The molecule has 0 saturated heterocycles. The minimum absolute atomic E-state index is 0.186. The molecule has 0 fully saturated rings. The zero-order valence-corrected chi connectivity index (χ0v) is 19.5. The lowest BCUT2D eigenvalue weighted by Gasteiger charge is -2.22. The molecule has 0 N–H and O–H groups in total. The van der Waals surface area contributed by atoms with Gasteiger partial charge in [-0.2, -0.15) is 0 Å². The van der Waals surface area contributed by atoms with Crippen LogP contribution in [-0.2, 0) is 12.8 Å². The molecule has 1 aliphatic rings. The molecule has 0 radical (unpaired) electrons. The maximum atomic E-state index is 15.0. The number of ether oxygens (including phenoxy) is 2. The molecule has 0 saturated carbocycles. The number of fused-ring (bicyclic) bond motifs is 3. The van der Waals surface area contributed by atoms with E-state index in [4.69, 9.17) is 9.47 Å². The van der Waals surface area contributed by atoms with E-state index in [0.29, 0.717) is 18.8 Å². The number of hydrogen-bond donors (Lipinski definition) is 0. The monoisotopic (exact) mass is 426 g/mol. The largest absolute Gasteiger partial charge is 0.494 e. The van der Waals surface area contributed by atoms with Crippen molar-refractivity contribution >= 4 is 0 Å². The number of hydrogen-bond acceptors (Lipinski definition) is 2.